The van der Waals surface area contributed by atoms with Gasteiger partial charge < -0.3 is 10.1 Å². The number of nitrogens with zero attached hydrogens (tertiary/aromatic N) is 2. The molecule has 1 rings (SSSR count). The van der Waals surface area contributed by atoms with Crippen molar-refractivity contribution < 1.29 is 4.74 Å². The van der Waals surface area contributed by atoms with Crippen molar-refractivity contribution in [2.24, 2.45) is 5.92 Å². The van der Waals surface area contributed by atoms with Crippen molar-refractivity contribution >= 4 is 5.82 Å². The zero-order valence-electron chi connectivity index (χ0n) is 13.1. The van der Waals surface area contributed by atoms with E-state index in [4.69, 9.17) is 4.74 Å². The van der Waals surface area contributed by atoms with Gasteiger partial charge in [0.15, 0.2) is 0 Å². The fourth-order valence-corrected chi connectivity index (χ4v) is 1.56. The van der Waals surface area contributed by atoms with Gasteiger partial charge in [-0.3, -0.25) is 0 Å². The number of hydrogen-bond acceptors (Lipinski definition) is 4. The molecule has 0 atom stereocenters. The summed E-state index contributed by atoms with van der Waals surface area (Å²) in [6, 6.07) is 1.87. The quantitative estimate of drug-likeness (QED) is 0.853. The Kier molecular flexibility index (Phi) is 5.58. The van der Waals surface area contributed by atoms with Crippen LogP contribution in [0.5, 0.6) is 5.88 Å². The maximum absolute atomic E-state index is 5.52. The number of hydrogen-bond donors (Lipinski definition) is 1. The first-order chi connectivity index (χ1) is 8.82. The lowest BCUT2D eigenvalue weighted by atomic mass is 9.96. The molecule has 4 heteroatoms. The van der Waals surface area contributed by atoms with Crippen LogP contribution in [0.4, 0.5) is 5.82 Å². The Morgan fingerprint density at radius 1 is 1.26 bits per heavy atom. The van der Waals surface area contributed by atoms with Gasteiger partial charge in [-0.2, -0.15) is 4.98 Å². The van der Waals surface area contributed by atoms with E-state index in [0.717, 1.165) is 24.6 Å². The lowest BCUT2D eigenvalue weighted by Gasteiger charge is -2.19. The van der Waals surface area contributed by atoms with Gasteiger partial charge in [-0.1, -0.05) is 34.6 Å². The molecular formula is C15H27N3O. The van der Waals surface area contributed by atoms with Crippen LogP contribution in [-0.4, -0.2) is 23.1 Å². The molecule has 0 amide bonds. The molecule has 4 nitrogen and oxygen atoms in total. The third kappa shape index (κ3) is 5.45. The van der Waals surface area contributed by atoms with Crippen LogP contribution in [0, 0.1) is 5.92 Å². The summed E-state index contributed by atoms with van der Waals surface area (Å²) < 4.78 is 5.52. The predicted octanol–water partition coefficient (Wildman–Crippen LogP) is 3.63. The van der Waals surface area contributed by atoms with Crippen molar-refractivity contribution in [3.05, 3.63) is 11.9 Å². The van der Waals surface area contributed by atoms with E-state index in [2.05, 4.69) is 49.9 Å². The van der Waals surface area contributed by atoms with E-state index in [9.17, 15) is 0 Å². The Morgan fingerprint density at radius 3 is 2.47 bits per heavy atom. The zero-order chi connectivity index (χ0) is 14.5. The van der Waals surface area contributed by atoms with E-state index in [-0.39, 0.29) is 5.41 Å². The van der Waals surface area contributed by atoms with Crippen LogP contribution in [-0.2, 0) is 5.41 Å². The molecule has 0 radical (unpaired) electrons. The van der Waals surface area contributed by atoms with Crippen LogP contribution in [0.15, 0.2) is 6.07 Å². The van der Waals surface area contributed by atoms with Crippen LogP contribution in [0.1, 0.15) is 53.8 Å². The first kappa shape index (κ1) is 15.7. The van der Waals surface area contributed by atoms with E-state index in [1.165, 1.54) is 0 Å². The lowest BCUT2D eigenvalue weighted by molar-refractivity contribution is 0.322. The molecule has 0 aliphatic rings. The minimum Gasteiger partial charge on any atom is -0.478 e. The number of ether oxygens (including phenoxy) is 1. The molecular weight excluding hydrogens is 238 g/mol. The number of aromatic nitrogens is 2. The molecule has 0 saturated heterocycles. The van der Waals surface area contributed by atoms with Crippen LogP contribution in [0.3, 0.4) is 0 Å². The minimum atomic E-state index is -0.0818. The molecule has 0 saturated carbocycles. The largest absolute Gasteiger partial charge is 0.478 e. The van der Waals surface area contributed by atoms with Crippen LogP contribution >= 0.6 is 0 Å². The minimum absolute atomic E-state index is 0.0818. The van der Waals surface area contributed by atoms with Crippen molar-refractivity contribution in [3.63, 3.8) is 0 Å². The van der Waals surface area contributed by atoms with E-state index in [0.29, 0.717) is 18.4 Å². The van der Waals surface area contributed by atoms with Crippen molar-refractivity contribution in [1.82, 2.24) is 9.97 Å². The predicted molar refractivity (Wildman–Crippen MR) is 79.8 cm³/mol. The summed E-state index contributed by atoms with van der Waals surface area (Å²) in [5.74, 6) is 2.99. The molecule has 19 heavy (non-hydrogen) atoms. The number of rotatable bonds is 6. The summed E-state index contributed by atoms with van der Waals surface area (Å²) >= 11 is 0. The standard InChI is InChI=1S/C15H27N3O/c1-7-19-13-10-12(16-9-8-11(2)3)17-14(18-13)15(4,5)6/h10-11H,7-9H2,1-6H3,(H,16,17,18). The van der Waals surface area contributed by atoms with E-state index >= 15 is 0 Å². The smallest absolute Gasteiger partial charge is 0.218 e. The van der Waals surface area contributed by atoms with E-state index < -0.39 is 0 Å². The molecule has 1 aromatic rings. The molecule has 0 unspecified atom stereocenters. The topological polar surface area (TPSA) is 47.0 Å². The van der Waals surface area contributed by atoms with Gasteiger partial charge in [0.1, 0.15) is 11.6 Å². The zero-order valence-corrected chi connectivity index (χ0v) is 13.1. The van der Waals surface area contributed by atoms with Gasteiger partial charge in [0.25, 0.3) is 0 Å². The van der Waals surface area contributed by atoms with E-state index in [1.54, 1.807) is 0 Å². The van der Waals surface area contributed by atoms with Gasteiger partial charge in [-0.05, 0) is 19.3 Å². The first-order valence-electron chi connectivity index (χ1n) is 7.09. The Labute approximate surface area is 117 Å². The molecule has 1 heterocycles. The number of nitrogens with one attached hydrogen (secondary N) is 1. The molecule has 0 bridgehead atoms. The molecule has 1 N–H and O–H groups in total. The lowest BCUT2D eigenvalue weighted by Crippen LogP contribution is -2.18. The summed E-state index contributed by atoms with van der Waals surface area (Å²) in [5.41, 5.74) is -0.0818. The second kappa shape index (κ2) is 6.73. The van der Waals surface area contributed by atoms with Crippen LogP contribution in [0.2, 0.25) is 0 Å². The summed E-state index contributed by atoms with van der Waals surface area (Å²) in [6.07, 6.45) is 1.12. The summed E-state index contributed by atoms with van der Waals surface area (Å²) in [5, 5.41) is 3.36. The highest BCUT2D eigenvalue weighted by molar-refractivity contribution is 5.39. The van der Waals surface area contributed by atoms with Crippen LogP contribution in [0.25, 0.3) is 0 Å². The highest BCUT2D eigenvalue weighted by Crippen LogP contribution is 2.23. The maximum atomic E-state index is 5.52. The van der Waals surface area contributed by atoms with Gasteiger partial charge in [0.2, 0.25) is 5.88 Å². The van der Waals surface area contributed by atoms with E-state index in [1.807, 2.05) is 13.0 Å². The molecule has 1 aromatic heterocycles. The molecule has 0 spiro atoms. The van der Waals surface area contributed by atoms with Crippen molar-refractivity contribution in [3.8, 4) is 5.88 Å². The molecule has 0 aliphatic carbocycles. The average Bonchev–Trinajstić information content (AvgIpc) is 2.27. The summed E-state index contributed by atoms with van der Waals surface area (Å²) in [6.45, 7) is 14.3. The Morgan fingerprint density at radius 2 is 1.95 bits per heavy atom. The van der Waals surface area contributed by atoms with Gasteiger partial charge in [0, 0.05) is 18.0 Å². The molecule has 0 aromatic carbocycles. The third-order valence-corrected chi connectivity index (χ3v) is 2.69. The van der Waals surface area contributed by atoms with Gasteiger partial charge in [-0.25, -0.2) is 4.98 Å². The average molecular weight is 265 g/mol. The Hall–Kier alpha value is -1.32. The molecule has 0 aliphatic heterocycles. The van der Waals surface area contributed by atoms with Gasteiger partial charge in [0.05, 0.1) is 6.61 Å². The fraction of sp³-hybridized carbons (Fsp3) is 0.733. The third-order valence-electron chi connectivity index (χ3n) is 2.69. The van der Waals surface area contributed by atoms with Crippen molar-refractivity contribution in [2.45, 2.75) is 53.4 Å². The summed E-state index contributed by atoms with van der Waals surface area (Å²) in [4.78, 5) is 9.05. The van der Waals surface area contributed by atoms with Crippen LogP contribution < -0.4 is 10.1 Å². The normalized spacial score (nSPS) is 11.7. The van der Waals surface area contributed by atoms with Gasteiger partial charge >= 0.3 is 0 Å². The Balaban J connectivity index is 2.87. The second-order valence-electron chi connectivity index (χ2n) is 6.21. The monoisotopic (exact) mass is 265 g/mol. The SMILES string of the molecule is CCOc1cc(NCCC(C)C)nc(C(C)(C)C)n1. The Bertz CT molecular complexity index is 397. The van der Waals surface area contributed by atoms with Crippen molar-refractivity contribution in [1.29, 1.82) is 0 Å². The fourth-order valence-electron chi connectivity index (χ4n) is 1.56. The van der Waals surface area contributed by atoms with Gasteiger partial charge in [-0.15, -0.1) is 0 Å². The number of anilines is 1. The molecule has 108 valence electrons. The highest BCUT2D eigenvalue weighted by Gasteiger charge is 2.19. The second-order valence-corrected chi connectivity index (χ2v) is 6.21. The first-order valence-corrected chi connectivity index (χ1v) is 7.09. The molecule has 0 fully saturated rings. The highest BCUT2D eigenvalue weighted by atomic mass is 16.5. The summed E-state index contributed by atoms with van der Waals surface area (Å²) in [7, 11) is 0. The van der Waals surface area contributed by atoms with Crippen molar-refractivity contribution in [2.75, 3.05) is 18.5 Å². The maximum Gasteiger partial charge on any atom is 0.218 e.